The Morgan fingerprint density at radius 1 is 1.28 bits per heavy atom. The van der Waals surface area contributed by atoms with Gasteiger partial charge in [-0.15, -0.1) is 11.3 Å². The number of nitrogens with zero attached hydrogens (tertiary/aromatic N) is 1. The topological polar surface area (TPSA) is 57.1 Å². The highest BCUT2D eigenvalue weighted by Crippen LogP contribution is 2.23. The molecule has 4 rings (SSSR count). The molecule has 1 fully saturated rings. The average molecular weight is 355 g/mol. The van der Waals surface area contributed by atoms with Gasteiger partial charge in [-0.05, 0) is 48.1 Å². The monoisotopic (exact) mass is 355 g/mol. The molecule has 0 N–H and O–H groups in total. The van der Waals surface area contributed by atoms with Crippen molar-refractivity contribution in [2.24, 2.45) is 4.99 Å². The molecule has 2 aromatic rings. The number of rotatable bonds is 5. The van der Waals surface area contributed by atoms with E-state index in [2.05, 4.69) is 4.99 Å². The van der Waals surface area contributed by atoms with E-state index in [4.69, 9.17) is 14.2 Å². The normalized spacial score (nSPS) is 21.4. The molecule has 0 unspecified atom stereocenters. The maximum Gasteiger partial charge on any atom is 0.363 e. The van der Waals surface area contributed by atoms with Crippen LogP contribution in [0.15, 0.2) is 52.5 Å². The molecule has 0 amide bonds. The molecule has 0 saturated carbocycles. The van der Waals surface area contributed by atoms with Crippen molar-refractivity contribution in [3.63, 3.8) is 0 Å². The highest BCUT2D eigenvalue weighted by molar-refractivity contribution is 7.12. The highest BCUT2D eigenvalue weighted by atomic mass is 32.1. The number of carbonyl (C=O) groups is 1. The highest BCUT2D eigenvalue weighted by Gasteiger charge is 2.24. The van der Waals surface area contributed by atoms with Gasteiger partial charge >= 0.3 is 5.97 Å². The Morgan fingerprint density at radius 3 is 2.88 bits per heavy atom. The van der Waals surface area contributed by atoms with E-state index in [1.54, 1.807) is 6.08 Å². The lowest BCUT2D eigenvalue weighted by atomic mass is 10.2. The Balaban J connectivity index is 1.43. The van der Waals surface area contributed by atoms with Crippen LogP contribution in [-0.4, -0.2) is 31.2 Å². The summed E-state index contributed by atoms with van der Waals surface area (Å²) < 4.78 is 16.5. The standard InChI is InChI=1S/C19H17NO4S/c21-19-16(20-18(24-19)17-4-2-10-25-17)11-13-5-7-14(8-6-13)23-12-15-3-1-9-22-15/h2,4-8,10-11,15H,1,3,9,12H2/b16-11+/t15-/m1/s1. The van der Waals surface area contributed by atoms with E-state index in [-0.39, 0.29) is 6.10 Å². The Kier molecular flexibility index (Phi) is 4.63. The summed E-state index contributed by atoms with van der Waals surface area (Å²) in [5.74, 6) is 0.722. The molecule has 5 nitrogen and oxygen atoms in total. The quantitative estimate of drug-likeness (QED) is 0.607. The first kappa shape index (κ1) is 16.1. The van der Waals surface area contributed by atoms with Crippen molar-refractivity contribution in [3.05, 3.63) is 57.9 Å². The molecule has 6 heteroatoms. The van der Waals surface area contributed by atoms with Crippen LogP contribution in [-0.2, 0) is 14.3 Å². The van der Waals surface area contributed by atoms with Gasteiger partial charge in [0.25, 0.3) is 0 Å². The van der Waals surface area contributed by atoms with Gasteiger partial charge in [0.2, 0.25) is 5.90 Å². The van der Waals surface area contributed by atoms with Crippen LogP contribution < -0.4 is 4.74 Å². The van der Waals surface area contributed by atoms with Crippen LogP contribution in [0.5, 0.6) is 5.75 Å². The smallest absolute Gasteiger partial charge is 0.363 e. The molecule has 0 bridgehead atoms. The van der Waals surface area contributed by atoms with Crippen molar-refractivity contribution in [2.45, 2.75) is 18.9 Å². The molecule has 0 radical (unpaired) electrons. The SMILES string of the molecule is O=C1OC(c2cccs2)=N/C1=C/c1ccc(OC[C@H]2CCCO2)cc1. The summed E-state index contributed by atoms with van der Waals surface area (Å²) in [5, 5.41) is 1.92. The molecule has 0 spiro atoms. The van der Waals surface area contributed by atoms with E-state index in [0.29, 0.717) is 18.2 Å². The summed E-state index contributed by atoms with van der Waals surface area (Å²) in [6, 6.07) is 11.3. The molecular weight excluding hydrogens is 338 g/mol. The summed E-state index contributed by atoms with van der Waals surface area (Å²) in [7, 11) is 0. The van der Waals surface area contributed by atoms with Gasteiger partial charge in [0.05, 0.1) is 11.0 Å². The van der Waals surface area contributed by atoms with Gasteiger partial charge < -0.3 is 14.2 Å². The van der Waals surface area contributed by atoms with Crippen molar-refractivity contribution < 1.29 is 19.0 Å². The Bertz CT molecular complexity index is 802. The van der Waals surface area contributed by atoms with Gasteiger partial charge in [0, 0.05) is 6.61 Å². The second kappa shape index (κ2) is 7.21. The Morgan fingerprint density at radius 2 is 2.16 bits per heavy atom. The van der Waals surface area contributed by atoms with Crippen LogP contribution >= 0.6 is 11.3 Å². The summed E-state index contributed by atoms with van der Waals surface area (Å²) >= 11 is 1.49. The van der Waals surface area contributed by atoms with E-state index in [1.165, 1.54) is 11.3 Å². The predicted octanol–water partition coefficient (Wildman–Crippen LogP) is 3.65. The summed E-state index contributed by atoms with van der Waals surface area (Å²) in [6.07, 6.45) is 4.06. The number of ether oxygens (including phenoxy) is 3. The molecule has 25 heavy (non-hydrogen) atoms. The molecule has 128 valence electrons. The summed E-state index contributed by atoms with van der Waals surface area (Å²) in [4.78, 5) is 17.1. The zero-order valence-electron chi connectivity index (χ0n) is 13.5. The molecule has 3 heterocycles. The van der Waals surface area contributed by atoms with Gasteiger partial charge in [0.15, 0.2) is 5.70 Å². The maximum absolute atomic E-state index is 12.0. The lowest BCUT2D eigenvalue weighted by Gasteiger charge is -2.11. The molecule has 1 saturated heterocycles. The van der Waals surface area contributed by atoms with E-state index in [1.807, 2.05) is 41.8 Å². The number of thiophene rings is 1. The van der Waals surface area contributed by atoms with Crippen LogP contribution in [0.25, 0.3) is 6.08 Å². The number of esters is 1. The second-order valence-electron chi connectivity index (χ2n) is 5.83. The summed E-state index contributed by atoms with van der Waals surface area (Å²) in [6.45, 7) is 1.39. The zero-order valence-corrected chi connectivity index (χ0v) is 14.3. The minimum absolute atomic E-state index is 0.195. The van der Waals surface area contributed by atoms with Gasteiger partial charge in [-0.2, -0.15) is 0 Å². The minimum atomic E-state index is -0.429. The third-order valence-corrected chi connectivity index (χ3v) is 4.85. The first-order chi connectivity index (χ1) is 12.3. The number of hydrogen-bond acceptors (Lipinski definition) is 6. The van der Waals surface area contributed by atoms with Crippen LogP contribution in [0.3, 0.4) is 0 Å². The third kappa shape index (κ3) is 3.81. The Hall–Kier alpha value is -2.44. The maximum atomic E-state index is 12.0. The molecule has 1 aromatic carbocycles. The fourth-order valence-corrected chi connectivity index (χ4v) is 3.35. The van der Waals surface area contributed by atoms with Crippen LogP contribution in [0.1, 0.15) is 23.3 Å². The van der Waals surface area contributed by atoms with Gasteiger partial charge in [-0.25, -0.2) is 9.79 Å². The number of hydrogen-bond donors (Lipinski definition) is 0. The van der Waals surface area contributed by atoms with Gasteiger partial charge in [-0.3, -0.25) is 0 Å². The lowest BCUT2D eigenvalue weighted by Crippen LogP contribution is -2.16. The number of aliphatic imine (C=N–C) groups is 1. The molecule has 0 aliphatic carbocycles. The van der Waals surface area contributed by atoms with Crippen molar-refractivity contribution in [2.75, 3.05) is 13.2 Å². The Labute approximate surface area is 149 Å². The van der Waals surface area contributed by atoms with Crippen molar-refractivity contribution in [3.8, 4) is 5.75 Å². The molecular formula is C19H17NO4S. The van der Waals surface area contributed by atoms with Gasteiger partial charge in [-0.1, -0.05) is 18.2 Å². The minimum Gasteiger partial charge on any atom is -0.491 e. The first-order valence-electron chi connectivity index (χ1n) is 8.19. The zero-order chi connectivity index (χ0) is 17.1. The number of benzene rings is 1. The molecule has 2 aliphatic rings. The van der Waals surface area contributed by atoms with Gasteiger partial charge in [0.1, 0.15) is 12.4 Å². The van der Waals surface area contributed by atoms with Crippen molar-refractivity contribution in [1.29, 1.82) is 0 Å². The third-order valence-electron chi connectivity index (χ3n) is 4.00. The molecule has 1 aromatic heterocycles. The van der Waals surface area contributed by atoms with Crippen molar-refractivity contribution in [1.82, 2.24) is 0 Å². The lowest BCUT2D eigenvalue weighted by molar-refractivity contribution is -0.129. The molecule has 1 atom stereocenters. The van der Waals surface area contributed by atoms with E-state index in [9.17, 15) is 4.79 Å². The molecule has 2 aliphatic heterocycles. The second-order valence-corrected chi connectivity index (χ2v) is 6.78. The van der Waals surface area contributed by atoms with E-state index in [0.717, 1.165) is 35.6 Å². The summed E-state index contributed by atoms with van der Waals surface area (Å²) in [5.41, 5.74) is 1.17. The van der Waals surface area contributed by atoms with E-state index >= 15 is 0 Å². The predicted molar refractivity (Wildman–Crippen MR) is 95.8 cm³/mol. The largest absolute Gasteiger partial charge is 0.491 e. The number of cyclic esters (lactones) is 1. The van der Waals surface area contributed by atoms with Crippen molar-refractivity contribution >= 4 is 29.3 Å². The average Bonchev–Trinajstić information content (AvgIpc) is 3.37. The van der Waals surface area contributed by atoms with Crippen LogP contribution in [0.4, 0.5) is 0 Å². The van der Waals surface area contributed by atoms with Crippen LogP contribution in [0, 0.1) is 0 Å². The fourth-order valence-electron chi connectivity index (χ4n) is 2.70. The first-order valence-corrected chi connectivity index (χ1v) is 9.07. The van der Waals surface area contributed by atoms with Crippen LogP contribution in [0.2, 0.25) is 0 Å². The van der Waals surface area contributed by atoms with E-state index < -0.39 is 5.97 Å². The number of carbonyl (C=O) groups excluding carboxylic acids is 1. The fraction of sp³-hybridized carbons (Fsp3) is 0.263.